The molecule has 0 bridgehead atoms. The predicted molar refractivity (Wildman–Crippen MR) is 99.9 cm³/mol. The Hall–Kier alpha value is -2.87. The summed E-state index contributed by atoms with van der Waals surface area (Å²) in [5, 5.41) is 5.58. The first-order valence-corrected chi connectivity index (χ1v) is 8.69. The second kappa shape index (κ2) is 9.18. The van der Waals surface area contributed by atoms with Crippen LogP contribution in [0.4, 0.5) is 10.5 Å². The topological polar surface area (TPSA) is 97.0 Å². The molecule has 1 aliphatic heterocycles. The molecule has 0 saturated heterocycles. The smallest absolute Gasteiger partial charge is 0.338 e. The van der Waals surface area contributed by atoms with Crippen molar-refractivity contribution in [1.29, 1.82) is 0 Å². The summed E-state index contributed by atoms with van der Waals surface area (Å²) < 4.78 is 10.2. The van der Waals surface area contributed by atoms with E-state index < -0.39 is 12.0 Å². The minimum Gasteiger partial charge on any atom is -0.460 e. The van der Waals surface area contributed by atoms with Gasteiger partial charge in [0.05, 0.1) is 18.2 Å². The Bertz CT molecular complexity index is 742. The first-order chi connectivity index (χ1) is 12.9. The summed E-state index contributed by atoms with van der Waals surface area (Å²) in [5.41, 5.74) is 2.24. The van der Waals surface area contributed by atoms with Crippen molar-refractivity contribution in [2.45, 2.75) is 26.3 Å². The predicted octanol–water partition coefficient (Wildman–Crippen LogP) is 2.19. The average Bonchev–Trinajstić information content (AvgIpc) is 2.66. The molecular weight excluding hydrogens is 350 g/mol. The lowest BCUT2D eigenvalue weighted by Crippen LogP contribution is -2.46. The van der Waals surface area contributed by atoms with Gasteiger partial charge >= 0.3 is 12.0 Å². The SMILES string of the molecule is CCC(=O)Nc1ccc([C@@H]2NC(=O)N(C)C(C)=C2C(=O)OCCOC)cc1. The van der Waals surface area contributed by atoms with Crippen molar-refractivity contribution in [2.24, 2.45) is 0 Å². The molecule has 0 saturated carbocycles. The van der Waals surface area contributed by atoms with Gasteiger partial charge in [0.15, 0.2) is 0 Å². The number of esters is 1. The van der Waals surface area contributed by atoms with E-state index in [9.17, 15) is 14.4 Å². The van der Waals surface area contributed by atoms with E-state index >= 15 is 0 Å². The summed E-state index contributed by atoms with van der Waals surface area (Å²) in [5.74, 6) is -0.599. The van der Waals surface area contributed by atoms with Crippen molar-refractivity contribution in [3.8, 4) is 0 Å². The largest absolute Gasteiger partial charge is 0.460 e. The zero-order valence-electron chi connectivity index (χ0n) is 16.0. The Morgan fingerprint density at radius 2 is 1.89 bits per heavy atom. The van der Waals surface area contributed by atoms with E-state index in [1.165, 1.54) is 12.0 Å². The van der Waals surface area contributed by atoms with Crippen LogP contribution in [-0.2, 0) is 19.1 Å². The van der Waals surface area contributed by atoms with Gasteiger partial charge in [-0.3, -0.25) is 4.79 Å². The third-order valence-electron chi connectivity index (χ3n) is 4.34. The number of ether oxygens (including phenoxy) is 2. The molecule has 0 spiro atoms. The summed E-state index contributed by atoms with van der Waals surface area (Å²) in [7, 11) is 3.11. The van der Waals surface area contributed by atoms with Crippen molar-refractivity contribution >= 4 is 23.6 Å². The number of allylic oxidation sites excluding steroid dienone is 1. The number of anilines is 1. The highest BCUT2D eigenvalue weighted by Gasteiger charge is 2.34. The first-order valence-electron chi connectivity index (χ1n) is 8.69. The highest BCUT2D eigenvalue weighted by atomic mass is 16.6. The minimum atomic E-state index is -0.639. The maximum absolute atomic E-state index is 12.6. The second-order valence-electron chi connectivity index (χ2n) is 6.09. The highest BCUT2D eigenvalue weighted by molar-refractivity contribution is 5.95. The normalized spacial score (nSPS) is 16.8. The fourth-order valence-corrected chi connectivity index (χ4v) is 2.65. The molecular formula is C19H25N3O5. The van der Waals surface area contributed by atoms with E-state index in [1.807, 2.05) is 0 Å². The van der Waals surface area contributed by atoms with Crippen molar-refractivity contribution in [3.63, 3.8) is 0 Å². The number of nitrogens with zero attached hydrogens (tertiary/aromatic N) is 1. The van der Waals surface area contributed by atoms with Crippen LogP contribution in [0.5, 0.6) is 0 Å². The fraction of sp³-hybridized carbons (Fsp3) is 0.421. The maximum Gasteiger partial charge on any atom is 0.338 e. The molecule has 1 atom stereocenters. The molecule has 8 heteroatoms. The number of benzene rings is 1. The fourth-order valence-electron chi connectivity index (χ4n) is 2.65. The lowest BCUT2D eigenvalue weighted by Gasteiger charge is -2.33. The molecule has 0 aromatic heterocycles. The average molecular weight is 375 g/mol. The van der Waals surface area contributed by atoms with Gasteiger partial charge in [0, 0.05) is 32.0 Å². The highest BCUT2D eigenvalue weighted by Crippen LogP contribution is 2.31. The van der Waals surface area contributed by atoms with Crippen molar-refractivity contribution in [2.75, 3.05) is 32.7 Å². The van der Waals surface area contributed by atoms with E-state index in [2.05, 4.69) is 10.6 Å². The molecule has 2 N–H and O–H groups in total. The Labute approximate surface area is 158 Å². The number of hydrogen-bond donors (Lipinski definition) is 2. The third kappa shape index (κ3) is 4.85. The molecule has 27 heavy (non-hydrogen) atoms. The molecule has 1 heterocycles. The van der Waals surface area contributed by atoms with Crippen molar-refractivity contribution in [1.82, 2.24) is 10.2 Å². The summed E-state index contributed by atoms with van der Waals surface area (Å²) in [6, 6.07) is 6.04. The summed E-state index contributed by atoms with van der Waals surface area (Å²) in [6.45, 7) is 3.89. The van der Waals surface area contributed by atoms with Crippen LogP contribution in [0.1, 0.15) is 31.9 Å². The second-order valence-corrected chi connectivity index (χ2v) is 6.09. The van der Waals surface area contributed by atoms with Gasteiger partial charge in [0.25, 0.3) is 0 Å². The van der Waals surface area contributed by atoms with Gasteiger partial charge in [-0.15, -0.1) is 0 Å². The van der Waals surface area contributed by atoms with E-state index in [1.54, 1.807) is 45.2 Å². The van der Waals surface area contributed by atoms with E-state index in [0.717, 1.165) is 0 Å². The van der Waals surface area contributed by atoms with Gasteiger partial charge in [0.1, 0.15) is 6.61 Å². The Morgan fingerprint density at radius 1 is 1.22 bits per heavy atom. The number of carbonyl (C=O) groups is 3. The van der Waals surface area contributed by atoms with Crippen LogP contribution < -0.4 is 10.6 Å². The van der Waals surface area contributed by atoms with Crippen LogP contribution in [-0.4, -0.2) is 50.2 Å². The van der Waals surface area contributed by atoms with Gasteiger partial charge in [-0.1, -0.05) is 19.1 Å². The zero-order valence-corrected chi connectivity index (χ0v) is 16.0. The van der Waals surface area contributed by atoms with Crippen LogP contribution in [0.3, 0.4) is 0 Å². The molecule has 0 unspecified atom stereocenters. The Morgan fingerprint density at radius 3 is 2.48 bits per heavy atom. The zero-order chi connectivity index (χ0) is 20.0. The number of rotatable bonds is 7. The van der Waals surface area contributed by atoms with Gasteiger partial charge in [-0.2, -0.15) is 0 Å². The molecule has 3 amide bonds. The van der Waals surface area contributed by atoms with Crippen LogP contribution in [0.25, 0.3) is 0 Å². The molecule has 0 fully saturated rings. The molecule has 2 rings (SSSR count). The maximum atomic E-state index is 12.6. The molecule has 1 aromatic rings. The van der Waals surface area contributed by atoms with Gasteiger partial charge in [-0.05, 0) is 24.6 Å². The van der Waals surface area contributed by atoms with E-state index in [0.29, 0.717) is 28.9 Å². The van der Waals surface area contributed by atoms with E-state index in [-0.39, 0.29) is 25.2 Å². The number of nitrogens with one attached hydrogen (secondary N) is 2. The quantitative estimate of drug-likeness (QED) is 0.562. The summed E-state index contributed by atoms with van der Waals surface area (Å²) >= 11 is 0. The molecule has 146 valence electrons. The standard InChI is InChI=1S/C19H25N3O5/c1-5-15(23)20-14-8-6-13(7-9-14)17-16(18(24)27-11-10-26-4)12(2)22(3)19(25)21-17/h6-9,17H,5,10-11H2,1-4H3,(H,20,23)(H,21,25)/t17-/m0/s1. The minimum absolute atomic E-state index is 0.0894. The number of carbonyl (C=O) groups excluding carboxylic acids is 3. The van der Waals surface area contributed by atoms with Crippen LogP contribution in [0, 0.1) is 0 Å². The number of methoxy groups -OCH3 is 1. The molecule has 8 nitrogen and oxygen atoms in total. The summed E-state index contributed by atoms with van der Waals surface area (Å²) in [4.78, 5) is 37.7. The Balaban J connectivity index is 2.29. The molecule has 1 aliphatic rings. The molecule has 0 radical (unpaired) electrons. The number of hydrogen-bond acceptors (Lipinski definition) is 5. The lowest BCUT2D eigenvalue weighted by molar-refractivity contribution is -0.140. The Kier molecular flexibility index (Phi) is 6.95. The third-order valence-corrected chi connectivity index (χ3v) is 4.34. The van der Waals surface area contributed by atoms with Crippen molar-refractivity contribution < 1.29 is 23.9 Å². The molecule has 1 aromatic carbocycles. The molecule has 0 aliphatic carbocycles. The number of urea groups is 1. The number of amides is 3. The lowest BCUT2D eigenvalue weighted by atomic mass is 9.95. The van der Waals surface area contributed by atoms with Crippen LogP contribution in [0.2, 0.25) is 0 Å². The van der Waals surface area contributed by atoms with Gasteiger partial charge in [-0.25, -0.2) is 9.59 Å². The van der Waals surface area contributed by atoms with Gasteiger partial charge < -0.3 is 25.0 Å². The van der Waals surface area contributed by atoms with Gasteiger partial charge in [0.2, 0.25) is 5.91 Å². The van der Waals surface area contributed by atoms with E-state index in [4.69, 9.17) is 9.47 Å². The van der Waals surface area contributed by atoms with Crippen LogP contribution in [0.15, 0.2) is 35.5 Å². The summed E-state index contributed by atoms with van der Waals surface area (Å²) in [6.07, 6.45) is 0.381. The monoisotopic (exact) mass is 375 g/mol. The first kappa shape index (κ1) is 20.4. The van der Waals surface area contributed by atoms with Crippen molar-refractivity contribution in [3.05, 3.63) is 41.1 Å². The van der Waals surface area contributed by atoms with Crippen LogP contribution >= 0.6 is 0 Å².